The molecule has 1 N–H and O–H groups in total. The molecular formula is C14H24N4O2. The topological polar surface area (TPSA) is 61.6 Å². The van der Waals surface area contributed by atoms with E-state index >= 15 is 0 Å². The predicted octanol–water partition coefficient (Wildman–Crippen LogP) is 0.884. The second kappa shape index (κ2) is 6.85. The molecule has 1 aliphatic rings. The lowest BCUT2D eigenvalue weighted by Gasteiger charge is -2.25. The largest absolute Gasteiger partial charge is 0.481 e. The second-order valence-electron chi connectivity index (χ2n) is 5.73. The zero-order valence-corrected chi connectivity index (χ0v) is 12.3. The highest BCUT2D eigenvalue weighted by molar-refractivity contribution is 5.66. The van der Waals surface area contributed by atoms with Gasteiger partial charge in [-0.05, 0) is 33.5 Å². The molecular weight excluding hydrogens is 256 g/mol. The van der Waals surface area contributed by atoms with Crippen LogP contribution in [-0.4, -0.2) is 63.9 Å². The van der Waals surface area contributed by atoms with Gasteiger partial charge in [-0.1, -0.05) is 0 Å². The van der Waals surface area contributed by atoms with Crippen molar-refractivity contribution in [1.82, 2.24) is 19.6 Å². The Morgan fingerprint density at radius 3 is 3.05 bits per heavy atom. The number of aromatic nitrogens is 2. The quantitative estimate of drug-likeness (QED) is 0.803. The fraction of sp³-hybridized carbons (Fsp3) is 0.714. The molecule has 0 amide bonds. The first-order valence-electron chi connectivity index (χ1n) is 7.16. The predicted molar refractivity (Wildman–Crippen MR) is 76.5 cm³/mol. The van der Waals surface area contributed by atoms with Crippen molar-refractivity contribution in [2.24, 2.45) is 0 Å². The van der Waals surface area contributed by atoms with Crippen molar-refractivity contribution in [3.63, 3.8) is 0 Å². The van der Waals surface area contributed by atoms with Crippen LogP contribution in [-0.2, 0) is 17.9 Å². The summed E-state index contributed by atoms with van der Waals surface area (Å²) < 4.78 is 1.71. The van der Waals surface area contributed by atoms with Crippen LogP contribution >= 0.6 is 0 Å². The van der Waals surface area contributed by atoms with E-state index in [1.165, 1.54) is 19.4 Å². The first-order chi connectivity index (χ1) is 9.54. The molecule has 0 aliphatic carbocycles. The molecule has 1 aromatic rings. The Morgan fingerprint density at radius 1 is 1.60 bits per heavy atom. The van der Waals surface area contributed by atoms with Gasteiger partial charge >= 0.3 is 5.97 Å². The average molecular weight is 280 g/mol. The number of hydrogen-bond donors (Lipinski definition) is 1. The molecule has 1 fully saturated rings. The summed E-state index contributed by atoms with van der Waals surface area (Å²) in [5.41, 5.74) is 1.14. The number of aryl methyl sites for hydroxylation is 1. The lowest BCUT2D eigenvalue weighted by atomic mass is 10.2. The van der Waals surface area contributed by atoms with Crippen LogP contribution in [0.1, 0.15) is 24.8 Å². The number of carbonyl (C=O) groups is 1. The van der Waals surface area contributed by atoms with Crippen molar-refractivity contribution in [3.8, 4) is 0 Å². The van der Waals surface area contributed by atoms with Crippen molar-refractivity contribution >= 4 is 5.97 Å². The van der Waals surface area contributed by atoms with Crippen LogP contribution < -0.4 is 0 Å². The molecule has 0 spiro atoms. The van der Waals surface area contributed by atoms with Gasteiger partial charge in [0.25, 0.3) is 0 Å². The molecule has 1 aliphatic heterocycles. The van der Waals surface area contributed by atoms with Crippen molar-refractivity contribution < 1.29 is 9.90 Å². The highest BCUT2D eigenvalue weighted by Gasteiger charge is 2.22. The van der Waals surface area contributed by atoms with Gasteiger partial charge in [0, 0.05) is 30.9 Å². The van der Waals surface area contributed by atoms with Crippen LogP contribution in [0.5, 0.6) is 0 Å². The van der Waals surface area contributed by atoms with E-state index < -0.39 is 5.97 Å². The van der Waals surface area contributed by atoms with Crippen molar-refractivity contribution in [2.75, 3.05) is 27.2 Å². The summed E-state index contributed by atoms with van der Waals surface area (Å²) in [6.45, 7) is 3.56. The number of likely N-dealkylation sites (N-methyl/N-ethyl adjacent to an activating group) is 2. The van der Waals surface area contributed by atoms with E-state index in [-0.39, 0.29) is 6.42 Å². The van der Waals surface area contributed by atoms with Gasteiger partial charge in [-0.15, -0.1) is 0 Å². The fourth-order valence-electron chi connectivity index (χ4n) is 2.77. The van der Waals surface area contributed by atoms with Crippen LogP contribution in [0.2, 0.25) is 0 Å². The molecule has 20 heavy (non-hydrogen) atoms. The van der Waals surface area contributed by atoms with Gasteiger partial charge in [-0.25, -0.2) is 0 Å². The fourth-order valence-corrected chi connectivity index (χ4v) is 2.77. The van der Waals surface area contributed by atoms with Gasteiger partial charge in [0.05, 0.1) is 19.2 Å². The lowest BCUT2D eigenvalue weighted by molar-refractivity contribution is -0.137. The number of aliphatic carboxylic acids is 1. The Kier molecular flexibility index (Phi) is 5.14. The third-order valence-electron chi connectivity index (χ3n) is 3.89. The monoisotopic (exact) mass is 280 g/mol. The first kappa shape index (κ1) is 15.0. The minimum absolute atomic E-state index is 0.115. The van der Waals surface area contributed by atoms with Crippen molar-refractivity contribution in [1.29, 1.82) is 0 Å². The summed E-state index contributed by atoms with van der Waals surface area (Å²) in [5, 5.41) is 12.9. The number of likely N-dealkylation sites (tertiary alicyclic amines) is 1. The molecule has 1 atom stereocenters. The summed E-state index contributed by atoms with van der Waals surface area (Å²) in [7, 11) is 4.32. The summed E-state index contributed by atoms with van der Waals surface area (Å²) in [4.78, 5) is 15.3. The highest BCUT2D eigenvalue weighted by Crippen LogP contribution is 2.16. The van der Waals surface area contributed by atoms with Gasteiger partial charge in [0.1, 0.15) is 0 Å². The van der Waals surface area contributed by atoms with Crippen LogP contribution in [0.15, 0.2) is 12.4 Å². The maximum absolute atomic E-state index is 10.5. The first-order valence-corrected chi connectivity index (χ1v) is 7.16. The Bertz CT molecular complexity index is 446. The molecule has 1 aromatic heterocycles. The molecule has 0 aromatic carbocycles. The Labute approximate surface area is 120 Å². The molecule has 2 rings (SSSR count). The van der Waals surface area contributed by atoms with Crippen LogP contribution in [0, 0.1) is 0 Å². The van der Waals surface area contributed by atoms with E-state index in [0.717, 1.165) is 18.7 Å². The molecule has 2 heterocycles. The third kappa shape index (κ3) is 4.31. The van der Waals surface area contributed by atoms with Crippen molar-refractivity contribution in [2.45, 2.75) is 38.4 Å². The molecule has 0 radical (unpaired) electrons. The summed E-state index contributed by atoms with van der Waals surface area (Å²) >= 11 is 0. The normalized spacial score (nSPS) is 19.9. The van der Waals surface area contributed by atoms with Crippen molar-refractivity contribution in [3.05, 3.63) is 18.0 Å². The molecule has 6 nitrogen and oxygen atoms in total. The smallest absolute Gasteiger partial charge is 0.305 e. The van der Waals surface area contributed by atoms with Gasteiger partial charge in [0.2, 0.25) is 0 Å². The van der Waals surface area contributed by atoms with E-state index in [1.54, 1.807) is 4.68 Å². The Hall–Kier alpha value is -1.40. The van der Waals surface area contributed by atoms with Crippen LogP contribution in [0.25, 0.3) is 0 Å². The minimum Gasteiger partial charge on any atom is -0.481 e. The Morgan fingerprint density at radius 2 is 2.40 bits per heavy atom. The lowest BCUT2D eigenvalue weighted by Crippen LogP contribution is -2.36. The molecule has 0 saturated carbocycles. The zero-order valence-electron chi connectivity index (χ0n) is 12.3. The van der Waals surface area contributed by atoms with E-state index in [2.05, 4.69) is 29.0 Å². The molecule has 112 valence electrons. The van der Waals surface area contributed by atoms with E-state index in [4.69, 9.17) is 5.11 Å². The average Bonchev–Trinajstić information content (AvgIpc) is 2.97. The SMILES string of the molecule is CN(Cc1cnn(CCC(=O)O)c1)C[C@@H]1CCCN1C. The maximum atomic E-state index is 10.5. The number of hydrogen-bond acceptors (Lipinski definition) is 4. The third-order valence-corrected chi connectivity index (χ3v) is 3.89. The summed E-state index contributed by atoms with van der Waals surface area (Å²) in [6.07, 6.45) is 6.46. The molecule has 0 bridgehead atoms. The van der Waals surface area contributed by atoms with Crippen LogP contribution in [0.4, 0.5) is 0 Å². The number of nitrogens with zero attached hydrogens (tertiary/aromatic N) is 4. The highest BCUT2D eigenvalue weighted by atomic mass is 16.4. The second-order valence-corrected chi connectivity index (χ2v) is 5.73. The number of rotatable bonds is 7. The minimum atomic E-state index is -0.788. The van der Waals surface area contributed by atoms with Gasteiger partial charge in [0.15, 0.2) is 0 Å². The van der Waals surface area contributed by atoms with E-state index in [0.29, 0.717) is 12.6 Å². The maximum Gasteiger partial charge on any atom is 0.305 e. The van der Waals surface area contributed by atoms with Crippen LogP contribution in [0.3, 0.4) is 0 Å². The van der Waals surface area contributed by atoms with E-state index in [1.807, 2.05) is 12.4 Å². The zero-order chi connectivity index (χ0) is 14.5. The summed E-state index contributed by atoms with van der Waals surface area (Å²) in [6, 6.07) is 0.655. The standard InChI is InChI=1S/C14H24N4O2/c1-16(11-13-4-3-6-17(13)2)9-12-8-15-18(10-12)7-5-14(19)20/h8,10,13H,3-7,9,11H2,1-2H3,(H,19,20)/t13-/m0/s1. The van der Waals surface area contributed by atoms with Gasteiger partial charge in [-0.2, -0.15) is 5.10 Å². The van der Waals surface area contributed by atoms with Gasteiger partial charge < -0.3 is 14.9 Å². The number of carboxylic acids is 1. The molecule has 0 unspecified atom stereocenters. The van der Waals surface area contributed by atoms with E-state index in [9.17, 15) is 4.79 Å². The molecule has 1 saturated heterocycles. The summed E-state index contributed by atoms with van der Waals surface area (Å²) in [5.74, 6) is -0.788. The molecule has 6 heteroatoms. The van der Waals surface area contributed by atoms with Gasteiger partial charge in [-0.3, -0.25) is 9.48 Å². The number of carboxylic acid groups (broad SMARTS) is 1. The Balaban J connectivity index is 1.79.